The molecule has 0 aliphatic carbocycles. The molecule has 0 saturated carbocycles. The van der Waals surface area contributed by atoms with Gasteiger partial charge in [-0.25, -0.2) is 4.79 Å². The van der Waals surface area contributed by atoms with E-state index in [4.69, 9.17) is 18.6 Å². The van der Waals surface area contributed by atoms with Crippen LogP contribution in [0.5, 0.6) is 17.5 Å². The Labute approximate surface area is 238 Å². The fraction of sp³-hybridized carbons (Fsp3) is 0.286. The van der Waals surface area contributed by atoms with Gasteiger partial charge in [-0.05, 0) is 67.9 Å². The van der Waals surface area contributed by atoms with Crippen molar-refractivity contribution in [3.8, 4) is 17.5 Å². The Morgan fingerprint density at radius 3 is 2.07 bits per heavy atom. The molecule has 2 heterocycles. The van der Waals surface area contributed by atoms with Gasteiger partial charge >= 0.3 is 18.2 Å². The lowest BCUT2D eigenvalue weighted by atomic mass is 10.1. The fourth-order valence-electron chi connectivity index (χ4n) is 3.39. The quantitative estimate of drug-likeness (QED) is 0.163. The number of carboxylic acid groups (broad SMARTS) is 1. The minimum Gasteiger partial charge on any atom is -0.490 e. The highest BCUT2D eigenvalue weighted by molar-refractivity contribution is 5.76. The van der Waals surface area contributed by atoms with Gasteiger partial charge in [0.1, 0.15) is 30.5 Å². The lowest BCUT2D eigenvalue weighted by Gasteiger charge is -2.21. The first kappa shape index (κ1) is 30.0. The summed E-state index contributed by atoms with van der Waals surface area (Å²) in [5, 5.41) is 15.2. The van der Waals surface area contributed by atoms with Crippen LogP contribution in [0, 0.1) is 0 Å². The lowest BCUT2D eigenvalue weighted by Crippen LogP contribution is -2.37. The van der Waals surface area contributed by atoms with E-state index in [1.54, 1.807) is 36.4 Å². The summed E-state index contributed by atoms with van der Waals surface area (Å²) in [4.78, 5) is 24.0. The Kier molecular flexibility index (Phi) is 9.35. The van der Waals surface area contributed by atoms with Gasteiger partial charge in [-0.2, -0.15) is 28.1 Å². The number of furan rings is 1. The maximum atomic E-state index is 12.8. The monoisotopic (exact) mass is 587 g/mol. The van der Waals surface area contributed by atoms with Crippen LogP contribution in [0.3, 0.4) is 0 Å². The first-order valence-corrected chi connectivity index (χ1v) is 12.7. The van der Waals surface area contributed by atoms with Gasteiger partial charge in [-0.1, -0.05) is 12.1 Å². The summed E-state index contributed by atoms with van der Waals surface area (Å²) >= 11 is 0. The van der Waals surface area contributed by atoms with Crippen LogP contribution < -0.4 is 24.8 Å². The third-order valence-electron chi connectivity index (χ3n) is 5.64. The molecule has 2 aromatic carbocycles. The number of nitrogens with one attached hydrogen (secondary N) is 2. The number of halogens is 3. The third kappa shape index (κ3) is 8.74. The number of aliphatic carboxylic acids is 1. The second-order valence-corrected chi connectivity index (χ2v) is 9.33. The predicted molar refractivity (Wildman–Crippen MR) is 144 cm³/mol. The molecular weight excluding hydrogens is 559 g/mol. The fourth-order valence-corrected chi connectivity index (χ4v) is 3.39. The van der Waals surface area contributed by atoms with Gasteiger partial charge in [-0.15, -0.1) is 0 Å². The number of anilines is 2. The van der Waals surface area contributed by atoms with Gasteiger partial charge < -0.3 is 34.4 Å². The van der Waals surface area contributed by atoms with E-state index in [9.17, 15) is 23.1 Å². The van der Waals surface area contributed by atoms with Crippen molar-refractivity contribution < 1.29 is 41.7 Å². The molecular formula is C28H28F3N5O6. The normalized spacial score (nSPS) is 11.5. The number of carboxylic acids is 1. The zero-order valence-corrected chi connectivity index (χ0v) is 22.6. The molecule has 11 nitrogen and oxygen atoms in total. The zero-order valence-electron chi connectivity index (χ0n) is 22.6. The summed E-state index contributed by atoms with van der Waals surface area (Å²) in [6.45, 7) is 3.56. The number of hydrogen-bond donors (Lipinski definition) is 3. The molecule has 4 aromatic rings. The van der Waals surface area contributed by atoms with Crippen LogP contribution in [-0.4, -0.2) is 44.8 Å². The molecule has 0 saturated heterocycles. The first-order valence-electron chi connectivity index (χ1n) is 12.7. The topological polar surface area (TPSA) is 141 Å². The standard InChI is InChI=1S/C28H28F3N5O6/c1-27(2,23(37)38)42-21-11-9-20(10-12-21)40-14-15-41-26-35-24(34-25(36-26)33-17-22-4-3-13-39-22)32-16-18-5-7-19(8-6-18)28(29,30)31/h3-13H,14-17H2,1-2H3,(H,37,38)(H2,32,33,34,35,36). The molecule has 0 radical (unpaired) electrons. The van der Waals surface area contributed by atoms with E-state index < -0.39 is 23.3 Å². The van der Waals surface area contributed by atoms with E-state index >= 15 is 0 Å². The highest BCUT2D eigenvalue weighted by Crippen LogP contribution is 2.29. The second-order valence-electron chi connectivity index (χ2n) is 9.33. The predicted octanol–water partition coefficient (Wildman–Crippen LogP) is 5.41. The molecule has 3 N–H and O–H groups in total. The minimum absolute atomic E-state index is 0.00915. The van der Waals surface area contributed by atoms with Crippen molar-refractivity contribution in [2.45, 2.75) is 38.7 Å². The molecule has 0 amide bonds. The average molecular weight is 588 g/mol. The number of ether oxygens (including phenoxy) is 3. The van der Waals surface area contributed by atoms with Crippen LogP contribution in [0.2, 0.25) is 0 Å². The SMILES string of the molecule is CC(C)(Oc1ccc(OCCOc2nc(NCc3ccc(C(F)(F)F)cc3)nc(NCc3ccco3)n2)cc1)C(=O)O. The number of alkyl halides is 3. The van der Waals surface area contributed by atoms with E-state index in [1.165, 1.54) is 32.2 Å². The van der Waals surface area contributed by atoms with E-state index in [0.29, 0.717) is 29.4 Å². The van der Waals surface area contributed by atoms with Crippen LogP contribution in [0.1, 0.15) is 30.7 Å². The van der Waals surface area contributed by atoms with Crippen molar-refractivity contribution in [1.29, 1.82) is 0 Å². The van der Waals surface area contributed by atoms with Gasteiger partial charge in [0.2, 0.25) is 11.9 Å². The van der Waals surface area contributed by atoms with E-state index in [0.717, 1.165) is 12.1 Å². The molecule has 14 heteroatoms. The summed E-state index contributed by atoms with van der Waals surface area (Å²) in [6.07, 6.45) is -2.88. The largest absolute Gasteiger partial charge is 0.490 e. The molecule has 0 spiro atoms. The number of carbonyl (C=O) groups is 1. The summed E-state index contributed by atoms with van der Waals surface area (Å²) in [6, 6.07) is 14.7. The zero-order chi connectivity index (χ0) is 30.2. The molecule has 0 bridgehead atoms. The van der Waals surface area contributed by atoms with Gasteiger partial charge in [0, 0.05) is 6.54 Å². The Bertz CT molecular complexity index is 1450. The van der Waals surface area contributed by atoms with Crippen molar-refractivity contribution in [3.05, 3.63) is 83.8 Å². The van der Waals surface area contributed by atoms with Crippen molar-refractivity contribution >= 4 is 17.9 Å². The van der Waals surface area contributed by atoms with Gasteiger partial charge in [0.05, 0.1) is 18.4 Å². The average Bonchev–Trinajstić information content (AvgIpc) is 3.47. The number of nitrogens with zero attached hydrogens (tertiary/aromatic N) is 3. The summed E-state index contributed by atoms with van der Waals surface area (Å²) < 4.78 is 60.7. The Balaban J connectivity index is 1.35. The minimum atomic E-state index is -4.41. The van der Waals surface area contributed by atoms with Gasteiger partial charge in [0.15, 0.2) is 5.60 Å². The molecule has 2 aromatic heterocycles. The van der Waals surface area contributed by atoms with Crippen molar-refractivity contribution in [2.75, 3.05) is 23.8 Å². The maximum Gasteiger partial charge on any atom is 0.416 e. The summed E-state index contributed by atoms with van der Waals surface area (Å²) in [7, 11) is 0. The number of aromatic nitrogens is 3. The smallest absolute Gasteiger partial charge is 0.416 e. The number of hydrogen-bond acceptors (Lipinski definition) is 10. The second kappa shape index (κ2) is 13.1. The maximum absolute atomic E-state index is 12.8. The molecule has 4 rings (SSSR count). The van der Waals surface area contributed by atoms with Gasteiger partial charge in [-0.3, -0.25) is 0 Å². The van der Waals surface area contributed by atoms with Crippen LogP contribution in [0.15, 0.2) is 71.3 Å². The third-order valence-corrected chi connectivity index (χ3v) is 5.64. The highest BCUT2D eigenvalue weighted by atomic mass is 19.4. The first-order chi connectivity index (χ1) is 20.0. The number of benzene rings is 2. The summed E-state index contributed by atoms with van der Waals surface area (Å²) in [5.74, 6) is 0.773. The summed E-state index contributed by atoms with van der Waals surface area (Å²) in [5.41, 5.74) is -1.52. The molecule has 222 valence electrons. The molecule has 42 heavy (non-hydrogen) atoms. The van der Waals surface area contributed by atoms with Crippen LogP contribution >= 0.6 is 0 Å². The van der Waals surface area contributed by atoms with E-state index in [2.05, 4.69) is 25.6 Å². The Morgan fingerprint density at radius 1 is 0.857 bits per heavy atom. The van der Waals surface area contributed by atoms with Crippen molar-refractivity contribution in [1.82, 2.24) is 15.0 Å². The van der Waals surface area contributed by atoms with E-state index in [-0.39, 0.29) is 37.7 Å². The van der Waals surface area contributed by atoms with Crippen LogP contribution in [0.4, 0.5) is 25.1 Å². The Morgan fingerprint density at radius 2 is 1.48 bits per heavy atom. The molecule has 0 aliphatic rings. The molecule has 0 atom stereocenters. The van der Waals surface area contributed by atoms with Crippen LogP contribution in [-0.2, 0) is 24.1 Å². The van der Waals surface area contributed by atoms with Crippen LogP contribution in [0.25, 0.3) is 0 Å². The van der Waals surface area contributed by atoms with E-state index in [1.807, 2.05) is 0 Å². The molecule has 0 aliphatic heterocycles. The van der Waals surface area contributed by atoms with Crippen molar-refractivity contribution in [3.63, 3.8) is 0 Å². The molecule has 0 fully saturated rings. The highest BCUT2D eigenvalue weighted by Gasteiger charge is 2.30. The Hall–Kier alpha value is -5.01. The molecule has 0 unspecified atom stereocenters. The number of rotatable bonds is 14. The lowest BCUT2D eigenvalue weighted by molar-refractivity contribution is -0.152. The van der Waals surface area contributed by atoms with Crippen molar-refractivity contribution in [2.24, 2.45) is 0 Å². The van der Waals surface area contributed by atoms with Gasteiger partial charge in [0.25, 0.3) is 0 Å².